The highest BCUT2D eigenvalue weighted by atomic mass is 16.5. The molecule has 3 aromatic rings. The Morgan fingerprint density at radius 2 is 1.69 bits per heavy atom. The number of nitrogens with one attached hydrogen (secondary N) is 1. The Labute approximate surface area is 153 Å². The zero-order valence-corrected chi connectivity index (χ0v) is 14.9. The third-order valence-corrected chi connectivity index (χ3v) is 3.92. The van der Waals surface area contributed by atoms with Gasteiger partial charge in [-0.05, 0) is 36.6 Å². The molecule has 0 bridgehead atoms. The van der Waals surface area contributed by atoms with Crippen molar-refractivity contribution >= 4 is 11.6 Å². The summed E-state index contributed by atoms with van der Waals surface area (Å²) in [6.07, 6.45) is 8.65. The van der Waals surface area contributed by atoms with Gasteiger partial charge >= 0.3 is 0 Å². The molecule has 0 radical (unpaired) electrons. The van der Waals surface area contributed by atoms with E-state index in [1.54, 1.807) is 18.6 Å². The van der Waals surface area contributed by atoms with Crippen molar-refractivity contribution in [3.8, 4) is 11.6 Å². The number of pyridine rings is 1. The molecule has 1 aromatic carbocycles. The van der Waals surface area contributed by atoms with Crippen molar-refractivity contribution in [3.63, 3.8) is 0 Å². The van der Waals surface area contributed by atoms with Crippen LogP contribution < -0.4 is 15.8 Å². The van der Waals surface area contributed by atoms with Gasteiger partial charge in [0.15, 0.2) is 0 Å². The van der Waals surface area contributed by atoms with Gasteiger partial charge in [0.1, 0.15) is 5.75 Å². The van der Waals surface area contributed by atoms with Crippen LogP contribution in [0.1, 0.15) is 30.9 Å². The van der Waals surface area contributed by atoms with Gasteiger partial charge in [0.2, 0.25) is 11.8 Å². The largest absolute Gasteiger partial charge is 0.439 e. The van der Waals surface area contributed by atoms with Crippen molar-refractivity contribution in [1.82, 2.24) is 15.0 Å². The molecule has 6 nitrogen and oxygen atoms in total. The molecule has 0 aliphatic rings. The molecule has 0 unspecified atom stereocenters. The predicted molar refractivity (Wildman–Crippen MR) is 103 cm³/mol. The Morgan fingerprint density at radius 3 is 2.35 bits per heavy atom. The van der Waals surface area contributed by atoms with Crippen LogP contribution in [-0.2, 0) is 13.0 Å². The Kier molecular flexibility index (Phi) is 5.98. The third kappa shape index (κ3) is 5.17. The maximum absolute atomic E-state index is 5.80. The Balaban J connectivity index is 1.53. The Morgan fingerprint density at radius 1 is 0.923 bits per heavy atom. The molecule has 0 amide bonds. The molecule has 3 rings (SSSR count). The lowest BCUT2D eigenvalue weighted by atomic mass is 10.1. The van der Waals surface area contributed by atoms with Crippen LogP contribution in [-0.4, -0.2) is 15.0 Å². The number of unbranched alkanes of at least 4 members (excludes halogenated alkanes) is 1. The van der Waals surface area contributed by atoms with Crippen molar-refractivity contribution < 1.29 is 4.74 Å². The quantitative estimate of drug-likeness (QED) is 0.634. The van der Waals surface area contributed by atoms with Gasteiger partial charge in [0.05, 0.1) is 11.9 Å². The number of benzene rings is 1. The van der Waals surface area contributed by atoms with Gasteiger partial charge in [0, 0.05) is 30.6 Å². The Bertz CT molecular complexity index is 801. The van der Waals surface area contributed by atoms with Gasteiger partial charge in [-0.3, -0.25) is 0 Å². The van der Waals surface area contributed by atoms with Crippen LogP contribution in [0.2, 0.25) is 0 Å². The van der Waals surface area contributed by atoms with E-state index in [4.69, 9.17) is 10.5 Å². The lowest BCUT2D eigenvalue weighted by molar-refractivity contribution is 0.463. The van der Waals surface area contributed by atoms with Crippen molar-refractivity contribution in [2.24, 2.45) is 0 Å². The number of aryl methyl sites for hydroxylation is 1. The molecule has 0 atom stereocenters. The average molecular weight is 349 g/mol. The van der Waals surface area contributed by atoms with Gasteiger partial charge in [-0.2, -0.15) is 0 Å². The van der Waals surface area contributed by atoms with Gasteiger partial charge in [-0.1, -0.05) is 25.5 Å². The molecule has 0 saturated carbocycles. The molecule has 26 heavy (non-hydrogen) atoms. The first-order chi connectivity index (χ1) is 12.7. The van der Waals surface area contributed by atoms with Crippen LogP contribution in [0.5, 0.6) is 11.6 Å². The number of hydrogen-bond acceptors (Lipinski definition) is 6. The molecule has 2 aromatic heterocycles. The SMILES string of the molecule is CCCCc1ccc(Oc2ccc(NCc3cnc(N)nc3)cn2)cc1. The summed E-state index contributed by atoms with van der Waals surface area (Å²) in [5, 5.41) is 3.26. The number of aromatic nitrogens is 3. The molecule has 2 heterocycles. The van der Waals surface area contributed by atoms with Crippen molar-refractivity contribution in [2.45, 2.75) is 32.7 Å². The minimum atomic E-state index is 0.273. The first-order valence-electron chi connectivity index (χ1n) is 8.76. The van der Waals surface area contributed by atoms with Crippen LogP contribution in [0, 0.1) is 0 Å². The summed E-state index contributed by atoms with van der Waals surface area (Å²) < 4.78 is 5.80. The standard InChI is InChI=1S/C20H23N5O/c1-2-3-4-15-5-8-18(9-6-15)26-19-10-7-17(14-23-19)22-11-16-12-24-20(21)25-13-16/h5-10,12-14,22H,2-4,11H2,1H3,(H2,21,24,25). The maximum Gasteiger partial charge on any atom is 0.219 e. The highest BCUT2D eigenvalue weighted by molar-refractivity contribution is 5.43. The predicted octanol–water partition coefficient (Wildman–Crippen LogP) is 4.20. The lowest BCUT2D eigenvalue weighted by Gasteiger charge is -2.08. The molecular weight excluding hydrogens is 326 g/mol. The maximum atomic E-state index is 5.80. The third-order valence-electron chi connectivity index (χ3n) is 3.92. The summed E-state index contributed by atoms with van der Waals surface area (Å²) in [5.74, 6) is 1.63. The molecule has 3 N–H and O–H groups in total. The summed E-state index contributed by atoms with van der Waals surface area (Å²) in [7, 11) is 0. The molecule has 0 fully saturated rings. The minimum Gasteiger partial charge on any atom is -0.439 e. The van der Waals surface area contributed by atoms with E-state index in [2.05, 4.69) is 39.3 Å². The van der Waals surface area contributed by atoms with E-state index >= 15 is 0 Å². The topological polar surface area (TPSA) is 86.0 Å². The van der Waals surface area contributed by atoms with Crippen LogP contribution in [0.4, 0.5) is 11.6 Å². The van der Waals surface area contributed by atoms with Crippen LogP contribution in [0.3, 0.4) is 0 Å². The first kappa shape index (κ1) is 17.7. The Hall–Kier alpha value is -3.15. The highest BCUT2D eigenvalue weighted by Crippen LogP contribution is 2.21. The van der Waals surface area contributed by atoms with Gasteiger partial charge in [0.25, 0.3) is 0 Å². The van der Waals surface area contributed by atoms with Gasteiger partial charge in [-0.25, -0.2) is 15.0 Å². The summed E-state index contributed by atoms with van der Waals surface area (Å²) in [4.78, 5) is 12.3. The lowest BCUT2D eigenvalue weighted by Crippen LogP contribution is -2.02. The molecule has 6 heteroatoms. The number of ether oxygens (including phenoxy) is 1. The van der Waals surface area contributed by atoms with Crippen molar-refractivity contribution in [1.29, 1.82) is 0 Å². The second-order valence-corrected chi connectivity index (χ2v) is 6.04. The van der Waals surface area contributed by atoms with Gasteiger partial charge < -0.3 is 15.8 Å². The monoisotopic (exact) mass is 349 g/mol. The summed E-state index contributed by atoms with van der Waals surface area (Å²) in [6.45, 7) is 2.80. The average Bonchev–Trinajstić information content (AvgIpc) is 2.68. The molecular formula is C20H23N5O. The highest BCUT2D eigenvalue weighted by Gasteiger charge is 2.01. The smallest absolute Gasteiger partial charge is 0.219 e. The summed E-state index contributed by atoms with van der Waals surface area (Å²) >= 11 is 0. The number of nitrogens with two attached hydrogens (primary N) is 1. The summed E-state index contributed by atoms with van der Waals surface area (Å²) in [5.41, 5.74) is 8.65. The number of anilines is 2. The fraction of sp³-hybridized carbons (Fsp3) is 0.250. The molecule has 0 spiro atoms. The second kappa shape index (κ2) is 8.80. The van der Waals surface area contributed by atoms with Crippen molar-refractivity contribution in [3.05, 3.63) is 66.1 Å². The van der Waals surface area contributed by atoms with E-state index in [1.807, 2.05) is 24.3 Å². The molecule has 134 valence electrons. The van der Waals surface area contributed by atoms with E-state index in [0.29, 0.717) is 12.4 Å². The van der Waals surface area contributed by atoms with E-state index in [0.717, 1.165) is 23.4 Å². The van der Waals surface area contributed by atoms with E-state index in [9.17, 15) is 0 Å². The molecule has 0 aliphatic heterocycles. The van der Waals surface area contributed by atoms with Crippen LogP contribution in [0.15, 0.2) is 55.0 Å². The number of rotatable bonds is 8. The van der Waals surface area contributed by atoms with Crippen LogP contribution >= 0.6 is 0 Å². The zero-order chi connectivity index (χ0) is 18.2. The second-order valence-electron chi connectivity index (χ2n) is 6.04. The first-order valence-corrected chi connectivity index (χ1v) is 8.76. The number of hydrogen-bond donors (Lipinski definition) is 2. The van der Waals surface area contributed by atoms with E-state index in [1.165, 1.54) is 18.4 Å². The van der Waals surface area contributed by atoms with Gasteiger partial charge in [-0.15, -0.1) is 0 Å². The number of nitrogen functional groups attached to an aromatic ring is 1. The minimum absolute atomic E-state index is 0.273. The van der Waals surface area contributed by atoms with Crippen molar-refractivity contribution in [2.75, 3.05) is 11.1 Å². The normalized spacial score (nSPS) is 10.5. The zero-order valence-electron chi connectivity index (χ0n) is 14.9. The fourth-order valence-electron chi connectivity index (χ4n) is 2.43. The molecule has 0 saturated heterocycles. The van der Waals surface area contributed by atoms with E-state index in [-0.39, 0.29) is 5.95 Å². The fourth-order valence-corrected chi connectivity index (χ4v) is 2.43. The molecule has 0 aliphatic carbocycles. The summed E-state index contributed by atoms with van der Waals surface area (Å²) in [6, 6.07) is 12.0. The van der Waals surface area contributed by atoms with E-state index < -0.39 is 0 Å². The van der Waals surface area contributed by atoms with Crippen LogP contribution in [0.25, 0.3) is 0 Å². The number of nitrogens with zero attached hydrogens (tertiary/aromatic N) is 3.